The number of aromatic nitrogens is 3. The van der Waals surface area contributed by atoms with Gasteiger partial charge in [-0.3, -0.25) is 14.3 Å². The standard InChI is InChI=1S/C22H23ClF3N5OS/c1-13(30(3)4)19-28-29-21(31(19)18-11-7-16(23)8-12-18)33-14(2)20(32)27-17-9-5-15(6-10-17)22(24,25)26/h5-14H,1-4H3,(H,27,32). The van der Waals surface area contributed by atoms with Crippen LogP contribution in [-0.4, -0.2) is 44.9 Å². The van der Waals surface area contributed by atoms with Crippen LogP contribution in [0.25, 0.3) is 5.69 Å². The van der Waals surface area contributed by atoms with E-state index in [0.717, 1.165) is 17.8 Å². The van der Waals surface area contributed by atoms with Crippen molar-refractivity contribution in [2.45, 2.75) is 36.5 Å². The molecule has 0 aliphatic carbocycles. The third-order valence-corrected chi connectivity index (χ3v) is 6.32. The fourth-order valence-electron chi connectivity index (χ4n) is 2.89. The lowest BCUT2D eigenvalue weighted by Crippen LogP contribution is -2.23. The number of anilines is 1. The van der Waals surface area contributed by atoms with Crippen LogP contribution in [-0.2, 0) is 11.0 Å². The van der Waals surface area contributed by atoms with Crippen LogP contribution in [0.5, 0.6) is 0 Å². The Bertz CT molecular complexity index is 1100. The summed E-state index contributed by atoms with van der Waals surface area (Å²) in [6.45, 7) is 3.69. The third-order valence-electron chi connectivity index (χ3n) is 5.02. The van der Waals surface area contributed by atoms with E-state index < -0.39 is 17.0 Å². The number of alkyl halides is 3. The molecule has 0 saturated heterocycles. The summed E-state index contributed by atoms with van der Waals surface area (Å²) in [4.78, 5) is 14.7. The van der Waals surface area contributed by atoms with Crippen LogP contribution in [0.15, 0.2) is 53.7 Å². The van der Waals surface area contributed by atoms with E-state index in [-0.39, 0.29) is 17.6 Å². The Morgan fingerprint density at radius 3 is 2.21 bits per heavy atom. The van der Waals surface area contributed by atoms with Crippen LogP contribution in [0.1, 0.15) is 31.3 Å². The molecule has 2 aromatic carbocycles. The fraction of sp³-hybridized carbons (Fsp3) is 0.318. The van der Waals surface area contributed by atoms with Crippen molar-refractivity contribution in [3.05, 3.63) is 64.9 Å². The second-order valence-corrected chi connectivity index (χ2v) is 9.36. The van der Waals surface area contributed by atoms with Gasteiger partial charge in [0.05, 0.1) is 16.9 Å². The van der Waals surface area contributed by atoms with Crippen molar-refractivity contribution in [2.75, 3.05) is 19.4 Å². The Hall–Kier alpha value is -2.56. The maximum absolute atomic E-state index is 12.7. The summed E-state index contributed by atoms with van der Waals surface area (Å²) >= 11 is 7.23. The minimum atomic E-state index is -4.43. The smallest absolute Gasteiger partial charge is 0.325 e. The summed E-state index contributed by atoms with van der Waals surface area (Å²) in [6, 6.07) is 11.5. The molecule has 0 radical (unpaired) electrons. The van der Waals surface area contributed by atoms with Gasteiger partial charge in [0.1, 0.15) is 0 Å². The number of hydrogen-bond acceptors (Lipinski definition) is 5. The maximum atomic E-state index is 12.7. The topological polar surface area (TPSA) is 63.1 Å². The molecule has 0 bridgehead atoms. The van der Waals surface area contributed by atoms with Gasteiger partial charge in [0.25, 0.3) is 0 Å². The van der Waals surface area contributed by atoms with Gasteiger partial charge in [-0.15, -0.1) is 10.2 Å². The average Bonchev–Trinajstić information content (AvgIpc) is 3.16. The van der Waals surface area contributed by atoms with Crippen molar-refractivity contribution in [1.82, 2.24) is 19.7 Å². The summed E-state index contributed by atoms with van der Waals surface area (Å²) in [5.74, 6) is 0.327. The second kappa shape index (κ2) is 10.1. The fourth-order valence-corrected chi connectivity index (χ4v) is 3.89. The molecule has 0 aliphatic heterocycles. The molecule has 0 spiro atoms. The van der Waals surface area contributed by atoms with Gasteiger partial charge in [0, 0.05) is 16.4 Å². The minimum absolute atomic E-state index is 0.0567. The van der Waals surface area contributed by atoms with Crippen LogP contribution < -0.4 is 5.32 Å². The molecule has 1 heterocycles. The van der Waals surface area contributed by atoms with Crippen molar-refractivity contribution in [2.24, 2.45) is 0 Å². The molecular formula is C22H23ClF3N5OS. The molecule has 1 amide bonds. The largest absolute Gasteiger partial charge is 0.416 e. The van der Waals surface area contributed by atoms with E-state index in [0.29, 0.717) is 16.0 Å². The van der Waals surface area contributed by atoms with Crippen LogP contribution in [0.3, 0.4) is 0 Å². The van der Waals surface area contributed by atoms with Gasteiger partial charge in [-0.2, -0.15) is 13.2 Å². The van der Waals surface area contributed by atoms with E-state index in [1.165, 1.54) is 23.9 Å². The van der Waals surface area contributed by atoms with Gasteiger partial charge in [-0.25, -0.2) is 0 Å². The zero-order chi connectivity index (χ0) is 24.3. The number of carbonyl (C=O) groups is 1. The Labute approximate surface area is 199 Å². The van der Waals surface area contributed by atoms with Crippen molar-refractivity contribution in [3.8, 4) is 5.69 Å². The van der Waals surface area contributed by atoms with Gasteiger partial charge in [-0.1, -0.05) is 23.4 Å². The number of amides is 1. The lowest BCUT2D eigenvalue weighted by Gasteiger charge is -2.21. The Kier molecular flexibility index (Phi) is 7.71. The summed E-state index contributed by atoms with van der Waals surface area (Å²) in [5.41, 5.74) is 0.300. The zero-order valence-corrected chi connectivity index (χ0v) is 20.0. The maximum Gasteiger partial charge on any atom is 0.416 e. The summed E-state index contributed by atoms with van der Waals surface area (Å²) in [5, 5.41) is 11.8. The SMILES string of the molecule is CC(Sc1nnc(C(C)N(C)C)n1-c1ccc(Cl)cc1)C(=O)Nc1ccc(C(F)(F)F)cc1. The van der Waals surface area contributed by atoms with Gasteiger partial charge in [-0.05, 0) is 76.5 Å². The first kappa shape index (κ1) is 25.1. The highest BCUT2D eigenvalue weighted by Crippen LogP contribution is 2.31. The molecule has 3 rings (SSSR count). The van der Waals surface area contributed by atoms with Crippen LogP contribution in [0, 0.1) is 0 Å². The molecule has 0 saturated carbocycles. The number of nitrogens with one attached hydrogen (secondary N) is 1. The molecule has 3 aromatic rings. The number of hydrogen-bond donors (Lipinski definition) is 1. The highest BCUT2D eigenvalue weighted by molar-refractivity contribution is 8.00. The Morgan fingerprint density at radius 1 is 1.06 bits per heavy atom. The van der Waals surface area contributed by atoms with E-state index in [4.69, 9.17) is 11.6 Å². The van der Waals surface area contributed by atoms with Gasteiger partial charge in [0.2, 0.25) is 5.91 Å². The molecule has 1 aromatic heterocycles. The third kappa shape index (κ3) is 6.07. The minimum Gasteiger partial charge on any atom is -0.325 e. The summed E-state index contributed by atoms with van der Waals surface area (Å²) in [6.07, 6.45) is -4.43. The van der Waals surface area contributed by atoms with Crippen LogP contribution >= 0.6 is 23.4 Å². The predicted molar refractivity (Wildman–Crippen MR) is 124 cm³/mol. The lowest BCUT2D eigenvalue weighted by molar-refractivity contribution is -0.137. The molecule has 2 unspecified atom stereocenters. The highest BCUT2D eigenvalue weighted by Gasteiger charge is 2.30. The van der Waals surface area contributed by atoms with Crippen molar-refractivity contribution < 1.29 is 18.0 Å². The summed E-state index contributed by atoms with van der Waals surface area (Å²) < 4.78 is 40.1. The van der Waals surface area contributed by atoms with Gasteiger partial charge >= 0.3 is 6.18 Å². The van der Waals surface area contributed by atoms with Crippen molar-refractivity contribution >= 4 is 35.0 Å². The monoisotopic (exact) mass is 497 g/mol. The number of benzene rings is 2. The first-order chi connectivity index (χ1) is 15.5. The van der Waals surface area contributed by atoms with Crippen molar-refractivity contribution in [1.29, 1.82) is 0 Å². The zero-order valence-electron chi connectivity index (χ0n) is 18.4. The van der Waals surface area contributed by atoms with Gasteiger partial charge in [0.15, 0.2) is 11.0 Å². The Balaban J connectivity index is 1.81. The number of halogens is 4. The first-order valence-corrected chi connectivity index (χ1v) is 11.3. The average molecular weight is 498 g/mol. The first-order valence-electron chi connectivity index (χ1n) is 10.00. The normalized spacial score (nSPS) is 13.7. The molecule has 33 heavy (non-hydrogen) atoms. The lowest BCUT2D eigenvalue weighted by atomic mass is 10.2. The molecule has 11 heteroatoms. The number of rotatable bonds is 7. The van der Waals surface area contributed by atoms with Gasteiger partial charge < -0.3 is 5.32 Å². The van der Waals surface area contributed by atoms with Crippen molar-refractivity contribution in [3.63, 3.8) is 0 Å². The molecule has 2 atom stereocenters. The number of thioether (sulfide) groups is 1. The van der Waals surface area contributed by atoms with E-state index in [9.17, 15) is 18.0 Å². The molecule has 0 aliphatic rings. The predicted octanol–water partition coefficient (Wildman–Crippen LogP) is 5.68. The van der Waals surface area contributed by atoms with E-state index >= 15 is 0 Å². The van der Waals surface area contributed by atoms with E-state index in [1.54, 1.807) is 19.1 Å². The van der Waals surface area contributed by atoms with E-state index in [1.807, 2.05) is 42.6 Å². The quantitative estimate of drug-likeness (QED) is 0.425. The molecule has 1 N–H and O–H groups in total. The molecular weight excluding hydrogens is 475 g/mol. The molecule has 176 valence electrons. The van der Waals surface area contributed by atoms with Crippen LogP contribution in [0.2, 0.25) is 5.02 Å². The summed E-state index contributed by atoms with van der Waals surface area (Å²) in [7, 11) is 3.86. The highest BCUT2D eigenvalue weighted by atomic mass is 35.5. The van der Waals surface area contributed by atoms with Crippen LogP contribution in [0.4, 0.5) is 18.9 Å². The number of nitrogens with zero attached hydrogens (tertiary/aromatic N) is 4. The molecule has 0 fully saturated rings. The van der Waals surface area contributed by atoms with E-state index in [2.05, 4.69) is 15.5 Å². The Morgan fingerprint density at radius 2 is 1.67 bits per heavy atom. The number of carbonyl (C=O) groups excluding carboxylic acids is 1. The molecule has 6 nitrogen and oxygen atoms in total. The second-order valence-electron chi connectivity index (χ2n) is 7.62.